The van der Waals surface area contributed by atoms with Gasteiger partial charge in [0.1, 0.15) is 0 Å². The van der Waals surface area contributed by atoms with Crippen LogP contribution in [-0.2, 0) is 4.79 Å². The molecule has 1 N–H and O–H groups in total. The fraction of sp³-hybridized carbons (Fsp3) is 0.500. The van der Waals surface area contributed by atoms with Gasteiger partial charge in [-0.15, -0.1) is 5.10 Å². The fourth-order valence-electron chi connectivity index (χ4n) is 2.59. The largest absolute Gasteiger partial charge is 0.326 e. The maximum atomic E-state index is 12.2. The summed E-state index contributed by atoms with van der Waals surface area (Å²) in [4.78, 5) is 12.2. The SMILES string of the molecule is CCC(CC)C(=O)Nc1cccc(-c2nnnn2C2CC2)c1. The minimum atomic E-state index is 0.0560. The third-order valence-corrected chi connectivity index (χ3v) is 4.13. The Hall–Kier alpha value is -2.24. The van der Waals surface area contributed by atoms with E-state index in [1.54, 1.807) is 0 Å². The number of hydrogen-bond acceptors (Lipinski definition) is 4. The molecule has 0 spiro atoms. The van der Waals surface area contributed by atoms with Crippen molar-refractivity contribution in [3.63, 3.8) is 0 Å². The maximum Gasteiger partial charge on any atom is 0.227 e. The minimum absolute atomic E-state index is 0.0560. The Labute approximate surface area is 129 Å². The van der Waals surface area contributed by atoms with E-state index >= 15 is 0 Å². The highest BCUT2D eigenvalue weighted by Gasteiger charge is 2.28. The molecule has 1 amide bonds. The Morgan fingerprint density at radius 3 is 2.82 bits per heavy atom. The molecule has 0 aliphatic heterocycles. The van der Waals surface area contributed by atoms with Crippen molar-refractivity contribution in [2.45, 2.75) is 45.6 Å². The van der Waals surface area contributed by atoms with Crippen molar-refractivity contribution in [3.05, 3.63) is 24.3 Å². The normalized spacial score (nSPS) is 14.3. The van der Waals surface area contributed by atoms with E-state index in [-0.39, 0.29) is 11.8 Å². The molecule has 6 nitrogen and oxygen atoms in total. The highest BCUT2D eigenvalue weighted by molar-refractivity contribution is 5.93. The van der Waals surface area contributed by atoms with Crippen molar-refractivity contribution in [1.29, 1.82) is 0 Å². The van der Waals surface area contributed by atoms with Gasteiger partial charge in [-0.05, 0) is 48.2 Å². The standard InChI is InChI=1S/C16H21N5O/c1-3-11(4-2)16(22)17-13-7-5-6-12(10-13)15-18-19-20-21(15)14-8-9-14/h5-7,10-11,14H,3-4,8-9H2,1-2H3,(H,17,22). The van der Waals surface area contributed by atoms with Gasteiger partial charge in [0, 0.05) is 17.2 Å². The number of nitrogens with zero attached hydrogens (tertiary/aromatic N) is 4. The molecule has 1 heterocycles. The van der Waals surface area contributed by atoms with Crippen LogP contribution in [0, 0.1) is 5.92 Å². The van der Waals surface area contributed by atoms with E-state index in [4.69, 9.17) is 0 Å². The lowest BCUT2D eigenvalue weighted by Crippen LogP contribution is -2.21. The summed E-state index contributed by atoms with van der Waals surface area (Å²) in [5.74, 6) is 0.894. The number of rotatable bonds is 6. The van der Waals surface area contributed by atoms with E-state index in [1.807, 2.05) is 42.8 Å². The van der Waals surface area contributed by atoms with Crippen LogP contribution in [0.2, 0.25) is 0 Å². The van der Waals surface area contributed by atoms with Crippen LogP contribution >= 0.6 is 0 Å². The van der Waals surface area contributed by atoms with Crippen LogP contribution in [0.1, 0.15) is 45.6 Å². The average molecular weight is 299 g/mol. The van der Waals surface area contributed by atoms with Gasteiger partial charge in [0.25, 0.3) is 0 Å². The molecule has 1 fully saturated rings. The third kappa shape index (κ3) is 3.00. The summed E-state index contributed by atoms with van der Waals surface area (Å²) in [6.45, 7) is 4.07. The number of benzene rings is 1. The van der Waals surface area contributed by atoms with E-state index in [2.05, 4.69) is 20.8 Å². The van der Waals surface area contributed by atoms with Gasteiger partial charge in [0.2, 0.25) is 5.91 Å². The number of tetrazole rings is 1. The number of carbonyl (C=O) groups is 1. The molecule has 0 unspecified atom stereocenters. The number of carbonyl (C=O) groups excluding carboxylic acids is 1. The zero-order valence-electron chi connectivity index (χ0n) is 13.0. The number of anilines is 1. The summed E-state index contributed by atoms with van der Waals surface area (Å²) >= 11 is 0. The number of hydrogen-bond donors (Lipinski definition) is 1. The Bertz CT molecular complexity index is 658. The van der Waals surface area contributed by atoms with Gasteiger partial charge < -0.3 is 5.32 Å². The summed E-state index contributed by atoms with van der Waals surface area (Å²) in [6, 6.07) is 8.15. The highest BCUT2D eigenvalue weighted by Crippen LogP contribution is 2.36. The van der Waals surface area contributed by atoms with E-state index < -0.39 is 0 Å². The molecule has 1 saturated carbocycles. The van der Waals surface area contributed by atoms with Crippen LogP contribution in [0.3, 0.4) is 0 Å². The predicted molar refractivity (Wildman–Crippen MR) is 84.2 cm³/mol. The molecule has 0 saturated heterocycles. The van der Waals surface area contributed by atoms with E-state index in [9.17, 15) is 4.79 Å². The van der Waals surface area contributed by atoms with Crippen LogP contribution in [0.15, 0.2) is 24.3 Å². The van der Waals surface area contributed by atoms with Crippen molar-refractivity contribution < 1.29 is 4.79 Å². The smallest absolute Gasteiger partial charge is 0.227 e. The Kier molecular flexibility index (Phi) is 4.18. The van der Waals surface area contributed by atoms with E-state index in [1.165, 1.54) is 0 Å². The third-order valence-electron chi connectivity index (χ3n) is 4.13. The summed E-state index contributed by atoms with van der Waals surface area (Å²) in [5.41, 5.74) is 1.72. The van der Waals surface area contributed by atoms with Crippen molar-refractivity contribution in [1.82, 2.24) is 20.2 Å². The van der Waals surface area contributed by atoms with Gasteiger partial charge in [0.15, 0.2) is 5.82 Å². The quantitative estimate of drug-likeness (QED) is 0.889. The van der Waals surface area contributed by atoms with Gasteiger partial charge in [0.05, 0.1) is 6.04 Å². The first kappa shape index (κ1) is 14.7. The zero-order valence-corrected chi connectivity index (χ0v) is 13.0. The first-order chi connectivity index (χ1) is 10.7. The van der Waals surface area contributed by atoms with Crippen molar-refractivity contribution in [2.24, 2.45) is 5.92 Å². The first-order valence-corrected chi connectivity index (χ1v) is 7.92. The molecule has 22 heavy (non-hydrogen) atoms. The van der Waals surface area contributed by atoms with Crippen molar-refractivity contribution in [2.75, 3.05) is 5.32 Å². The average Bonchev–Trinajstić information content (AvgIpc) is 3.25. The second kappa shape index (κ2) is 6.25. The van der Waals surface area contributed by atoms with E-state index in [0.29, 0.717) is 6.04 Å². The predicted octanol–water partition coefficient (Wildman–Crippen LogP) is 3.05. The molecule has 1 aliphatic rings. The first-order valence-electron chi connectivity index (χ1n) is 7.92. The van der Waals surface area contributed by atoms with Crippen LogP contribution in [0.4, 0.5) is 5.69 Å². The summed E-state index contributed by atoms with van der Waals surface area (Å²) in [6.07, 6.45) is 3.95. The summed E-state index contributed by atoms with van der Waals surface area (Å²) in [7, 11) is 0. The maximum absolute atomic E-state index is 12.2. The topological polar surface area (TPSA) is 72.7 Å². The molecule has 116 valence electrons. The van der Waals surface area contributed by atoms with E-state index in [0.717, 1.165) is 42.8 Å². The Morgan fingerprint density at radius 2 is 2.14 bits per heavy atom. The Morgan fingerprint density at radius 1 is 1.36 bits per heavy atom. The molecular weight excluding hydrogens is 278 g/mol. The highest BCUT2D eigenvalue weighted by atomic mass is 16.1. The molecule has 1 aliphatic carbocycles. The molecule has 0 radical (unpaired) electrons. The minimum Gasteiger partial charge on any atom is -0.326 e. The molecule has 1 aromatic carbocycles. The second-order valence-electron chi connectivity index (χ2n) is 5.76. The van der Waals surface area contributed by atoms with Gasteiger partial charge in [-0.1, -0.05) is 26.0 Å². The molecular formula is C16H21N5O. The number of amides is 1. The lowest BCUT2D eigenvalue weighted by Gasteiger charge is -2.13. The lowest BCUT2D eigenvalue weighted by atomic mass is 10.0. The molecule has 3 rings (SSSR count). The molecule has 0 bridgehead atoms. The van der Waals surface area contributed by atoms with Crippen LogP contribution in [0.25, 0.3) is 11.4 Å². The van der Waals surface area contributed by atoms with Gasteiger partial charge in [-0.3, -0.25) is 4.79 Å². The van der Waals surface area contributed by atoms with Crippen LogP contribution in [-0.4, -0.2) is 26.1 Å². The van der Waals surface area contributed by atoms with Crippen molar-refractivity contribution in [3.8, 4) is 11.4 Å². The summed E-state index contributed by atoms with van der Waals surface area (Å²) in [5, 5.41) is 15.0. The van der Waals surface area contributed by atoms with Crippen molar-refractivity contribution >= 4 is 11.6 Å². The number of aromatic nitrogens is 4. The molecule has 6 heteroatoms. The van der Waals surface area contributed by atoms with Gasteiger partial charge in [-0.2, -0.15) is 0 Å². The molecule has 1 aromatic heterocycles. The van der Waals surface area contributed by atoms with Crippen LogP contribution < -0.4 is 5.32 Å². The van der Waals surface area contributed by atoms with Gasteiger partial charge >= 0.3 is 0 Å². The van der Waals surface area contributed by atoms with Crippen LogP contribution in [0.5, 0.6) is 0 Å². The lowest BCUT2D eigenvalue weighted by molar-refractivity contribution is -0.120. The summed E-state index contributed by atoms with van der Waals surface area (Å²) < 4.78 is 1.88. The Balaban J connectivity index is 1.80. The second-order valence-corrected chi connectivity index (χ2v) is 5.76. The van der Waals surface area contributed by atoms with Gasteiger partial charge in [-0.25, -0.2) is 4.68 Å². The molecule has 0 atom stereocenters. The molecule has 2 aromatic rings. The fourth-order valence-corrected chi connectivity index (χ4v) is 2.59. The number of nitrogens with one attached hydrogen (secondary N) is 1. The monoisotopic (exact) mass is 299 g/mol. The zero-order chi connectivity index (χ0) is 15.5.